The summed E-state index contributed by atoms with van der Waals surface area (Å²) in [6, 6.07) is 8.45. The van der Waals surface area contributed by atoms with Crippen molar-refractivity contribution in [2.45, 2.75) is 20.3 Å². The number of aromatic nitrogens is 1. The van der Waals surface area contributed by atoms with E-state index in [1.54, 1.807) is 11.3 Å². The molecular formula is C13H11BrN2S. The quantitative estimate of drug-likeness (QED) is 0.831. The van der Waals surface area contributed by atoms with Gasteiger partial charge in [0.25, 0.3) is 0 Å². The third kappa shape index (κ3) is 2.56. The Bertz CT molecular complexity index is 596. The van der Waals surface area contributed by atoms with Gasteiger partial charge in [0.2, 0.25) is 0 Å². The van der Waals surface area contributed by atoms with Gasteiger partial charge >= 0.3 is 0 Å². The highest BCUT2D eigenvalue weighted by atomic mass is 79.9. The van der Waals surface area contributed by atoms with Crippen molar-refractivity contribution in [3.63, 3.8) is 0 Å². The Hall–Kier alpha value is -1.18. The Morgan fingerprint density at radius 2 is 2.18 bits per heavy atom. The summed E-state index contributed by atoms with van der Waals surface area (Å²) in [4.78, 5) is 4.51. The molecule has 0 fully saturated rings. The number of rotatable bonds is 2. The van der Waals surface area contributed by atoms with Crippen LogP contribution in [-0.4, -0.2) is 4.98 Å². The number of hydrogen-bond acceptors (Lipinski definition) is 3. The average molecular weight is 307 g/mol. The van der Waals surface area contributed by atoms with Gasteiger partial charge in [-0.05, 0) is 35.3 Å². The van der Waals surface area contributed by atoms with Crippen molar-refractivity contribution in [2.24, 2.45) is 0 Å². The molecule has 2 nitrogen and oxygen atoms in total. The van der Waals surface area contributed by atoms with E-state index in [1.807, 2.05) is 0 Å². The van der Waals surface area contributed by atoms with E-state index in [4.69, 9.17) is 5.26 Å². The van der Waals surface area contributed by atoms with Gasteiger partial charge in [0, 0.05) is 5.56 Å². The van der Waals surface area contributed by atoms with E-state index in [1.165, 1.54) is 11.1 Å². The molecule has 0 aliphatic rings. The minimum atomic E-state index is 0.349. The number of halogens is 1. The fraction of sp³-hybridized carbons (Fsp3) is 0.231. The summed E-state index contributed by atoms with van der Waals surface area (Å²) in [6.07, 6.45) is 0.349. The maximum Gasteiger partial charge on any atom is 0.125 e. The van der Waals surface area contributed by atoms with Crippen molar-refractivity contribution < 1.29 is 0 Å². The van der Waals surface area contributed by atoms with Crippen LogP contribution in [0.15, 0.2) is 22.0 Å². The van der Waals surface area contributed by atoms with Crippen LogP contribution in [0.1, 0.15) is 16.8 Å². The Morgan fingerprint density at radius 3 is 2.82 bits per heavy atom. The summed E-state index contributed by atoms with van der Waals surface area (Å²) in [5.41, 5.74) is 4.44. The van der Waals surface area contributed by atoms with Crippen LogP contribution >= 0.6 is 27.3 Å². The molecule has 0 saturated heterocycles. The molecule has 0 unspecified atom stereocenters. The lowest BCUT2D eigenvalue weighted by Gasteiger charge is -2.02. The second kappa shape index (κ2) is 4.99. The first kappa shape index (κ1) is 12.3. The molecule has 0 aliphatic heterocycles. The van der Waals surface area contributed by atoms with Crippen molar-refractivity contribution in [1.82, 2.24) is 4.98 Å². The van der Waals surface area contributed by atoms with E-state index in [0.717, 1.165) is 20.1 Å². The fourth-order valence-corrected chi connectivity index (χ4v) is 3.27. The second-order valence-electron chi connectivity index (χ2n) is 3.89. The molecule has 2 rings (SSSR count). The van der Waals surface area contributed by atoms with Crippen molar-refractivity contribution in [2.75, 3.05) is 0 Å². The van der Waals surface area contributed by atoms with Gasteiger partial charge in [-0.25, -0.2) is 4.98 Å². The zero-order chi connectivity index (χ0) is 12.4. The average Bonchev–Trinajstić information content (AvgIpc) is 2.60. The molecule has 1 aromatic carbocycles. The molecule has 0 aliphatic carbocycles. The van der Waals surface area contributed by atoms with Crippen LogP contribution in [0.3, 0.4) is 0 Å². The number of nitriles is 1. The van der Waals surface area contributed by atoms with Crippen molar-refractivity contribution >= 4 is 27.3 Å². The fourth-order valence-electron chi connectivity index (χ4n) is 1.69. The van der Waals surface area contributed by atoms with Gasteiger partial charge < -0.3 is 0 Å². The molecule has 0 spiro atoms. The predicted octanol–water partition coefficient (Wildman–Crippen LogP) is 4.26. The highest BCUT2D eigenvalue weighted by Crippen LogP contribution is 2.34. The topological polar surface area (TPSA) is 36.7 Å². The van der Waals surface area contributed by atoms with Gasteiger partial charge in [-0.2, -0.15) is 5.26 Å². The smallest absolute Gasteiger partial charge is 0.125 e. The molecule has 86 valence electrons. The van der Waals surface area contributed by atoms with Crippen molar-refractivity contribution in [3.8, 4) is 16.6 Å². The Kier molecular flexibility index (Phi) is 3.60. The maximum absolute atomic E-state index is 8.71. The molecule has 1 heterocycles. The summed E-state index contributed by atoms with van der Waals surface area (Å²) in [6.45, 7) is 4.16. The maximum atomic E-state index is 8.71. The Morgan fingerprint density at radius 1 is 1.41 bits per heavy atom. The van der Waals surface area contributed by atoms with E-state index in [2.05, 4.69) is 59.0 Å². The van der Waals surface area contributed by atoms with Crippen molar-refractivity contribution in [3.05, 3.63) is 38.8 Å². The largest absolute Gasteiger partial charge is 0.239 e. The molecule has 0 N–H and O–H groups in total. The zero-order valence-corrected chi connectivity index (χ0v) is 12.0. The van der Waals surface area contributed by atoms with Crippen LogP contribution in [0.2, 0.25) is 0 Å². The number of nitrogens with zero attached hydrogens (tertiary/aromatic N) is 2. The first-order valence-electron chi connectivity index (χ1n) is 5.21. The van der Waals surface area contributed by atoms with Gasteiger partial charge in [0.15, 0.2) is 0 Å². The van der Waals surface area contributed by atoms with Crippen LogP contribution in [-0.2, 0) is 6.42 Å². The van der Waals surface area contributed by atoms with Gasteiger partial charge in [0.05, 0.1) is 22.0 Å². The number of thiazole rings is 1. The summed E-state index contributed by atoms with van der Waals surface area (Å²) in [7, 11) is 0. The van der Waals surface area contributed by atoms with E-state index in [-0.39, 0.29) is 0 Å². The summed E-state index contributed by atoms with van der Waals surface area (Å²) in [5, 5.41) is 9.68. The van der Waals surface area contributed by atoms with E-state index >= 15 is 0 Å². The highest BCUT2D eigenvalue weighted by Gasteiger charge is 2.11. The Balaban J connectivity index is 2.47. The standard InChI is InChI=1S/C13H11BrN2S/c1-8-3-4-10(9(2)7-8)13-16-11(5-6-15)12(14)17-13/h3-4,7H,5H2,1-2H3. The minimum absolute atomic E-state index is 0.349. The van der Waals surface area contributed by atoms with Gasteiger partial charge in [-0.1, -0.05) is 23.8 Å². The van der Waals surface area contributed by atoms with Gasteiger partial charge in [-0.3, -0.25) is 0 Å². The molecule has 17 heavy (non-hydrogen) atoms. The zero-order valence-electron chi connectivity index (χ0n) is 9.62. The van der Waals surface area contributed by atoms with Crippen LogP contribution in [0.5, 0.6) is 0 Å². The molecule has 0 radical (unpaired) electrons. The van der Waals surface area contributed by atoms with Crippen LogP contribution in [0, 0.1) is 25.2 Å². The van der Waals surface area contributed by atoms with Crippen molar-refractivity contribution in [1.29, 1.82) is 5.26 Å². The number of benzene rings is 1. The van der Waals surface area contributed by atoms with E-state index in [9.17, 15) is 0 Å². The lowest BCUT2D eigenvalue weighted by molar-refractivity contribution is 1.15. The molecule has 1 aromatic heterocycles. The first-order chi connectivity index (χ1) is 8.11. The van der Waals surface area contributed by atoms with Crippen LogP contribution in [0.25, 0.3) is 10.6 Å². The third-order valence-electron chi connectivity index (χ3n) is 2.51. The normalized spacial score (nSPS) is 10.2. The van der Waals surface area contributed by atoms with Gasteiger partial charge in [0.1, 0.15) is 5.01 Å². The molecule has 0 bridgehead atoms. The minimum Gasteiger partial charge on any atom is -0.239 e. The molecule has 2 aromatic rings. The first-order valence-corrected chi connectivity index (χ1v) is 6.82. The molecule has 0 atom stereocenters. The number of aryl methyl sites for hydroxylation is 2. The van der Waals surface area contributed by atoms with E-state index in [0.29, 0.717) is 6.42 Å². The lowest BCUT2D eigenvalue weighted by atomic mass is 10.1. The summed E-state index contributed by atoms with van der Waals surface area (Å²) >= 11 is 5.04. The van der Waals surface area contributed by atoms with Crippen LogP contribution < -0.4 is 0 Å². The predicted molar refractivity (Wildman–Crippen MR) is 74.0 cm³/mol. The highest BCUT2D eigenvalue weighted by molar-refractivity contribution is 9.11. The Labute approximate surface area is 113 Å². The summed E-state index contributed by atoms with van der Waals surface area (Å²) in [5.74, 6) is 0. The molecular weight excluding hydrogens is 296 g/mol. The monoisotopic (exact) mass is 306 g/mol. The second-order valence-corrected chi connectivity index (χ2v) is 6.21. The molecule has 0 saturated carbocycles. The lowest BCUT2D eigenvalue weighted by Crippen LogP contribution is -1.86. The number of hydrogen-bond donors (Lipinski definition) is 0. The van der Waals surface area contributed by atoms with E-state index < -0.39 is 0 Å². The van der Waals surface area contributed by atoms with Crippen LogP contribution in [0.4, 0.5) is 0 Å². The molecule has 4 heteroatoms. The SMILES string of the molecule is Cc1ccc(-c2nc(CC#N)c(Br)s2)c(C)c1. The van der Waals surface area contributed by atoms with Gasteiger partial charge in [-0.15, -0.1) is 11.3 Å². The summed E-state index contributed by atoms with van der Waals surface area (Å²) < 4.78 is 0.953. The molecule has 0 amide bonds. The third-order valence-corrected chi connectivity index (χ3v) is 4.37.